The number of ether oxygens (including phenoxy) is 1. The number of hydrogen-bond donors (Lipinski definition) is 0. The maximum atomic E-state index is 14.5. The molecule has 0 radical (unpaired) electrons. The summed E-state index contributed by atoms with van der Waals surface area (Å²) in [6.45, 7) is 2.14. The van der Waals surface area contributed by atoms with Crippen LogP contribution < -0.4 is 4.74 Å². The van der Waals surface area contributed by atoms with Gasteiger partial charge in [0, 0.05) is 12.1 Å². The second-order valence-electron chi connectivity index (χ2n) is 7.74. The van der Waals surface area contributed by atoms with E-state index in [0.717, 1.165) is 44.2 Å². The van der Waals surface area contributed by atoms with Crippen LogP contribution in [0.2, 0.25) is 0 Å². The summed E-state index contributed by atoms with van der Waals surface area (Å²) in [5.74, 6) is -3.86. The molecule has 1 aliphatic rings. The normalized spacial score (nSPS) is 19.4. The van der Waals surface area contributed by atoms with Gasteiger partial charge in [0.15, 0.2) is 0 Å². The lowest BCUT2D eigenvalue weighted by Gasteiger charge is -2.29. The maximum absolute atomic E-state index is 14.5. The predicted octanol–water partition coefficient (Wildman–Crippen LogP) is 7.18. The van der Waals surface area contributed by atoms with Crippen LogP contribution in [0.15, 0.2) is 30.3 Å². The molecule has 1 aliphatic carbocycles. The lowest BCUT2D eigenvalue weighted by atomic mass is 9.77. The molecular formula is C23H22F5NO. The van der Waals surface area contributed by atoms with Gasteiger partial charge in [0.2, 0.25) is 0 Å². The van der Waals surface area contributed by atoms with Crippen molar-refractivity contribution >= 4 is 0 Å². The molecule has 0 bridgehead atoms. The Morgan fingerprint density at radius 1 is 1.00 bits per heavy atom. The molecule has 7 heteroatoms. The lowest BCUT2D eigenvalue weighted by molar-refractivity contribution is -0.187. The fourth-order valence-electron chi connectivity index (χ4n) is 4.13. The summed E-state index contributed by atoms with van der Waals surface area (Å²) < 4.78 is 75.2. The van der Waals surface area contributed by atoms with Crippen LogP contribution in [0.4, 0.5) is 22.0 Å². The van der Waals surface area contributed by atoms with Crippen LogP contribution in [0.25, 0.3) is 0 Å². The van der Waals surface area contributed by atoms with Crippen molar-refractivity contribution < 1.29 is 26.7 Å². The second-order valence-corrected chi connectivity index (χ2v) is 7.74. The SMILES string of the molecule is CCC[C@H]1CC[C@H](c2ccc(C(F)(F)Oc3cc(F)c(C#N)c(F)c3)c(F)c2)CC1. The Morgan fingerprint density at radius 3 is 2.17 bits per heavy atom. The summed E-state index contributed by atoms with van der Waals surface area (Å²) in [4.78, 5) is 0. The van der Waals surface area contributed by atoms with Gasteiger partial charge in [-0.05, 0) is 55.2 Å². The Labute approximate surface area is 172 Å². The van der Waals surface area contributed by atoms with E-state index < -0.39 is 40.4 Å². The number of nitriles is 1. The fraction of sp³-hybridized carbons (Fsp3) is 0.435. The predicted molar refractivity (Wildman–Crippen MR) is 102 cm³/mol. The van der Waals surface area contributed by atoms with Crippen molar-refractivity contribution in [3.05, 3.63) is 64.5 Å². The van der Waals surface area contributed by atoms with Crippen LogP contribution in [-0.4, -0.2) is 0 Å². The van der Waals surface area contributed by atoms with Crippen LogP contribution in [0, 0.1) is 34.7 Å². The minimum absolute atomic E-state index is 0.123. The fourth-order valence-corrected chi connectivity index (χ4v) is 4.13. The van der Waals surface area contributed by atoms with E-state index in [-0.39, 0.29) is 5.92 Å². The zero-order valence-corrected chi connectivity index (χ0v) is 16.5. The van der Waals surface area contributed by atoms with E-state index in [0.29, 0.717) is 23.6 Å². The molecule has 1 saturated carbocycles. The summed E-state index contributed by atoms with van der Waals surface area (Å²) in [5, 5.41) is 8.64. The van der Waals surface area contributed by atoms with Crippen LogP contribution in [-0.2, 0) is 6.11 Å². The third-order valence-corrected chi connectivity index (χ3v) is 5.70. The Hall–Kier alpha value is -2.62. The lowest BCUT2D eigenvalue weighted by Crippen LogP contribution is -2.24. The molecule has 0 heterocycles. The highest BCUT2D eigenvalue weighted by Crippen LogP contribution is 2.40. The van der Waals surface area contributed by atoms with Crippen molar-refractivity contribution in [3.63, 3.8) is 0 Å². The van der Waals surface area contributed by atoms with Crippen molar-refractivity contribution in [2.75, 3.05) is 0 Å². The summed E-state index contributed by atoms with van der Waals surface area (Å²) in [7, 11) is 0. The molecule has 0 amide bonds. The Balaban J connectivity index is 1.76. The standard InChI is InChI=1S/C23H22F5NO/c1-2-3-14-4-6-15(7-5-14)16-8-9-19(22(26)10-16)23(27,28)30-17-11-20(24)18(13-29)21(25)12-17/h8-12,14-15H,2-7H2,1H3/t14-,15-. The molecule has 0 N–H and O–H groups in total. The van der Waals surface area contributed by atoms with Crippen LogP contribution in [0.3, 0.4) is 0 Å². The van der Waals surface area contributed by atoms with Gasteiger partial charge in [0.05, 0.1) is 5.56 Å². The summed E-state index contributed by atoms with van der Waals surface area (Å²) in [6, 6.07) is 5.74. The first-order valence-corrected chi connectivity index (χ1v) is 10.0. The summed E-state index contributed by atoms with van der Waals surface area (Å²) >= 11 is 0. The highest BCUT2D eigenvalue weighted by Gasteiger charge is 2.38. The molecule has 3 rings (SSSR count). The molecular weight excluding hydrogens is 401 g/mol. The van der Waals surface area contributed by atoms with E-state index in [1.807, 2.05) is 0 Å². The van der Waals surface area contributed by atoms with E-state index in [4.69, 9.17) is 5.26 Å². The molecule has 0 atom stereocenters. The number of nitrogens with zero attached hydrogens (tertiary/aromatic N) is 1. The van der Waals surface area contributed by atoms with Crippen molar-refractivity contribution in [1.29, 1.82) is 5.26 Å². The van der Waals surface area contributed by atoms with Crippen LogP contribution in [0.5, 0.6) is 5.75 Å². The Morgan fingerprint density at radius 2 is 1.63 bits per heavy atom. The first kappa shape index (κ1) is 22.1. The zero-order valence-electron chi connectivity index (χ0n) is 16.5. The monoisotopic (exact) mass is 423 g/mol. The highest BCUT2D eigenvalue weighted by molar-refractivity contribution is 5.38. The molecule has 30 heavy (non-hydrogen) atoms. The molecule has 0 saturated heterocycles. The average Bonchev–Trinajstić information content (AvgIpc) is 2.68. The summed E-state index contributed by atoms with van der Waals surface area (Å²) in [5.41, 5.74) is -1.26. The van der Waals surface area contributed by atoms with Gasteiger partial charge in [0.25, 0.3) is 0 Å². The van der Waals surface area contributed by atoms with Gasteiger partial charge >= 0.3 is 6.11 Å². The molecule has 2 nitrogen and oxygen atoms in total. The smallest absolute Gasteiger partial charge is 0.429 e. The molecule has 0 unspecified atom stereocenters. The highest BCUT2D eigenvalue weighted by atomic mass is 19.3. The minimum Gasteiger partial charge on any atom is -0.429 e. The molecule has 160 valence electrons. The Bertz CT molecular complexity index is 922. The van der Waals surface area contributed by atoms with Gasteiger partial charge in [0.1, 0.15) is 34.8 Å². The third-order valence-electron chi connectivity index (χ3n) is 5.70. The molecule has 0 aliphatic heterocycles. The topological polar surface area (TPSA) is 33.0 Å². The molecule has 2 aromatic carbocycles. The Kier molecular flexibility index (Phi) is 6.64. The molecule has 2 aromatic rings. The molecule has 1 fully saturated rings. The van der Waals surface area contributed by atoms with Crippen LogP contribution >= 0.6 is 0 Å². The van der Waals surface area contributed by atoms with Crippen molar-refractivity contribution in [1.82, 2.24) is 0 Å². The maximum Gasteiger partial charge on any atom is 0.429 e. The second kappa shape index (κ2) is 9.03. The van der Waals surface area contributed by atoms with Gasteiger partial charge in [-0.2, -0.15) is 14.0 Å². The number of benzene rings is 2. The quantitative estimate of drug-likeness (QED) is 0.461. The number of hydrogen-bond acceptors (Lipinski definition) is 2. The molecule has 0 aromatic heterocycles. The van der Waals surface area contributed by atoms with Crippen LogP contribution in [0.1, 0.15) is 68.1 Å². The van der Waals surface area contributed by atoms with E-state index in [2.05, 4.69) is 11.7 Å². The first-order valence-electron chi connectivity index (χ1n) is 10.0. The third kappa shape index (κ3) is 4.75. The van der Waals surface area contributed by atoms with Gasteiger partial charge < -0.3 is 4.74 Å². The average molecular weight is 423 g/mol. The van der Waals surface area contributed by atoms with Gasteiger partial charge in [-0.3, -0.25) is 0 Å². The summed E-state index contributed by atoms with van der Waals surface area (Å²) in [6.07, 6.45) is 2.00. The van der Waals surface area contributed by atoms with Gasteiger partial charge in [-0.25, -0.2) is 13.2 Å². The molecule has 0 spiro atoms. The van der Waals surface area contributed by atoms with E-state index in [1.54, 1.807) is 0 Å². The number of alkyl halides is 2. The van der Waals surface area contributed by atoms with E-state index in [9.17, 15) is 22.0 Å². The minimum atomic E-state index is -4.14. The van der Waals surface area contributed by atoms with Gasteiger partial charge in [-0.15, -0.1) is 0 Å². The van der Waals surface area contributed by atoms with Crippen molar-refractivity contribution in [2.24, 2.45) is 5.92 Å². The van der Waals surface area contributed by atoms with E-state index in [1.165, 1.54) is 18.6 Å². The number of halogens is 5. The first-order chi connectivity index (χ1) is 14.2. The largest absolute Gasteiger partial charge is 0.429 e. The van der Waals surface area contributed by atoms with E-state index >= 15 is 0 Å². The van der Waals surface area contributed by atoms with Crippen molar-refractivity contribution in [2.45, 2.75) is 57.5 Å². The van der Waals surface area contributed by atoms with Crippen molar-refractivity contribution in [3.8, 4) is 11.8 Å². The number of rotatable bonds is 6. The van der Waals surface area contributed by atoms with Gasteiger partial charge in [-0.1, -0.05) is 25.8 Å². The zero-order chi connectivity index (χ0) is 21.9.